The number of unbranched alkanes of at least 4 members (excludes halogenated alkanes) is 26. The first-order chi connectivity index (χ1) is 23.4. The van der Waals surface area contributed by atoms with Crippen molar-refractivity contribution in [2.45, 2.75) is 206 Å². The van der Waals surface area contributed by atoms with Crippen molar-refractivity contribution in [3.05, 3.63) is 12.3 Å². The van der Waals surface area contributed by atoms with E-state index in [9.17, 15) is 14.3 Å². The van der Waals surface area contributed by atoms with Crippen LogP contribution in [0.15, 0.2) is 12.3 Å². The zero-order chi connectivity index (χ0) is 35.2. The van der Waals surface area contributed by atoms with Crippen LogP contribution in [0.2, 0.25) is 0 Å². The minimum absolute atomic E-state index is 0.0382. The maximum atomic E-state index is 12.5. The highest BCUT2D eigenvalue weighted by Gasteiger charge is 2.25. The van der Waals surface area contributed by atoms with Crippen molar-refractivity contribution in [1.29, 1.82) is 0 Å². The highest BCUT2D eigenvalue weighted by Crippen LogP contribution is 2.43. The van der Waals surface area contributed by atoms with Crippen molar-refractivity contribution in [3.8, 4) is 0 Å². The molecule has 0 spiro atoms. The lowest BCUT2D eigenvalue weighted by molar-refractivity contribution is -0.153. The predicted octanol–water partition coefficient (Wildman–Crippen LogP) is 11.9. The Morgan fingerprint density at radius 3 is 1.48 bits per heavy atom. The molecule has 0 bridgehead atoms. The molecule has 1 unspecified atom stereocenters. The molecule has 0 aliphatic heterocycles. The number of nitrogens with two attached hydrogens (primary N) is 1. The molecule has 8 nitrogen and oxygen atoms in total. The number of phosphoric ester groups is 1. The Kier molecular flexibility index (Phi) is 36.6. The summed E-state index contributed by atoms with van der Waals surface area (Å²) in [6.45, 7) is 4.26. The first-order valence-corrected chi connectivity index (χ1v) is 21.7. The Hall–Kier alpha value is -0.920. The predicted molar refractivity (Wildman–Crippen MR) is 201 cm³/mol. The summed E-state index contributed by atoms with van der Waals surface area (Å²) in [5.74, 6) is -0.350. The summed E-state index contributed by atoms with van der Waals surface area (Å²) in [6.07, 6.45) is 38.9. The van der Waals surface area contributed by atoms with E-state index >= 15 is 0 Å². The fourth-order valence-corrected chi connectivity index (χ4v) is 6.55. The van der Waals surface area contributed by atoms with Crippen molar-refractivity contribution >= 4 is 13.8 Å². The smallest absolute Gasteiger partial charge is 0.472 e. The molecular formula is C39H78NO7P. The third-order valence-corrected chi connectivity index (χ3v) is 9.76. The lowest BCUT2D eigenvalue weighted by Gasteiger charge is -2.19. The van der Waals surface area contributed by atoms with Crippen LogP contribution in [-0.4, -0.2) is 43.3 Å². The second-order valence-electron chi connectivity index (χ2n) is 13.6. The molecule has 0 aromatic heterocycles. The summed E-state index contributed by atoms with van der Waals surface area (Å²) in [7, 11) is -4.28. The molecule has 0 saturated heterocycles. The fourth-order valence-electron chi connectivity index (χ4n) is 5.79. The molecule has 0 heterocycles. The fraction of sp³-hybridized carbons (Fsp3) is 0.923. The largest absolute Gasteiger partial charge is 0.498 e. The third-order valence-electron chi connectivity index (χ3n) is 8.78. The van der Waals surface area contributed by atoms with Crippen molar-refractivity contribution in [1.82, 2.24) is 0 Å². The van der Waals surface area contributed by atoms with Crippen LogP contribution in [-0.2, 0) is 27.9 Å². The van der Waals surface area contributed by atoms with Gasteiger partial charge in [0.2, 0.25) is 0 Å². The van der Waals surface area contributed by atoms with Gasteiger partial charge in [0.25, 0.3) is 0 Å². The van der Waals surface area contributed by atoms with E-state index in [4.69, 9.17) is 24.3 Å². The van der Waals surface area contributed by atoms with Crippen LogP contribution in [0.3, 0.4) is 0 Å². The molecule has 286 valence electrons. The average Bonchev–Trinajstić information content (AvgIpc) is 3.07. The summed E-state index contributed by atoms with van der Waals surface area (Å²) < 4.78 is 33.1. The summed E-state index contributed by atoms with van der Waals surface area (Å²) in [5, 5.41) is 0. The standard InChI is InChI=1S/C39H78NO7P/c1-3-5-7-9-11-13-15-17-18-19-21-23-25-27-29-31-34-44-36-38(37-46-48(42,43)45-35-33-40)47-39(41)32-30-28-26-24-22-20-16-14-12-10-8-6-4-2/h31,34,38H,3-30,32-33,35-37,40H2,1-2H3,(H,42,43)/b34-31+/t38-/m1/s1. The van der Waals surface area contributed by atoms with E-state index < -0.39 is 13.9 Å². The second-order valence-corrected chi connectivity index (χ2v) is 15.0. The van der Waals surface area contributed by atoms with Crippen molar-refractivity contribution < 1.29 is 32.8 Å². The van der Waals surface area contributed by atoms with Gasteiger partial charge < -0.3 is 20.1 Å². The number of esters is 1. The normalized spacial score (nSPS) is 13.6. The first-order valence-electron chi connectivity index (χ1n) is 20.2. The zero-order valence-corrected chi connectivity index (χ0v) is 32.4. The van der Waals surface area contributed by atoms with Crippen LogP contribution in [0.1, 0.15) is 200 Å². The van der Waals surface area contributed by atoms with Crippen LogP contribution in [0.5, 0.6) is 0 Å². The average molecular weight is 704 g/mol. The maximum Gasteiger partial charge on any atom is 0.472 e. The van der Waals surface area contributed by atoms with Crippen LogP contribution in [0, 0.1) is 0 Å². The highest BCUT2D eigenvalue weighted by molar-refractivity contribution is 7.47. The van der Waals surface area contributed by atoms with Gasteiger partial charge in [-0.05, 0) is 25.3 Å². The molecule has 0 aromatic carbocycles. The number of carbonyl (C=O) groups is 1. The van der Waals surface area contributed by atoms with E-state index in [1.54, 1.807) is 6.26 Å². The summed E-state index contributed by atoms with van der Waals surface area (Å²) in [5.41, 5.74) is 5.35. The topological polar surface area (TPSA) is 117 Å². The van der Waals surface area contributed by atoms with Crippen molar-refractivity contribution in [2.75, 3.05) is 26.4 Å². The highest BCUT2D eigenvalue weighted by atomic mass is 31.2. The molecule has 2 atom stereocenters. The minimum Gasteiger partial charge on any atom is -0.498 e. The van der Waals surface area contributed by atoms with Gasteiger partial charge in [-0.15, -0.1) is 0 Å². The molecule has 3 N–H and O–H groups in total. The van der Waals surface area contributed by atoms with E-state index in [1.807, 2.05) is 6.08 Å². The molecule has 0 aliphatic carbocycles. The molecule has 0 aliphatic rings. The van der Waals surface area contributed by atoms with Crippen LogP contribution >= 0.6 is 7.82 Å². The molecule has 0 radical (unpaired) electrons. The molecule has 0 saturated carbocycles. The molecule has 0 aromatic rings. The summed E-state index contributed by atoms with van der Waals surface area (Å²) in [4.78, 5) is 22.4. The Bertz CT molecular complexity index is 752. The Balaban J connectivity index is 4.08. The third kappa shape index (κ3) is 36.4. The number of rotatable bonds is 39. The van der Waals surface area contributed by atoms with E-state index in [0.29, 0.717) is 6.42 Å². The van der Waals surface area contributed by atoms with Gasteiger partial charge in [0.1, 0.15) is 6.61 Å². The number of hydrogen-bond acceptors (Lipinski definition) is 7. The molecule has 0 rings (SSSR count). The van der Waals surface area contributed by atoms with Crippen molar-refractivity contribution in [2.24, 2.45) is 5.73 Å². The summed E-state index contributed by atoms with van der Waals surface area (Å²) >= 11 is 0. The van der Waals surface area contributed by atoms with Gasteiger partial charge in [-0.3, -0.25) is 13.8 Å². The van der Waals surface area contributed by atoms with E-state index in [-0.39, 0.29) is 32.3 Å². The van der Waals surface area contributed by atoms with E-state index in [1.165, 1.54) is 148 Å². The second kappa shape index (κ2) is 37.3. The van der Waals surface area contributed by atoms with Gasteiger partial charge in [-0.25, -0.2) is 4.57 Å². The molecule has 48 heavy (non-hydrogen) atoms. The molecular weight excluding hydrogens is 625 g/mol. The molecule has 9 heteroatoms. The van der Waals surface area contributed by atoms with E-state index in [0.717, 1.165) is 32.1 Å². The van der Waals surface area contributed by atoms with Gasteiger partial charge in [-0.2, -0.15) is 0 Å². The zero-order valence-electron chi connectivity index (χ0n) is 31.5. The first kappa shape index (κ1) is 47.1. The maximum absolute atomic E-state index is 12.5. The van der Waals surface area contributed by atoms with Gasteiger partial charge in [0.15, 0.2) is 6.10 Å². The van der Waals surface area contributed by atoms with Gasteiger partial charge in [0, 0.05) is 13.0 Å². The lowest BCUT2D eigenvalue weighted by atomic mass is 10.0. The van der Waals surface area contributed by atoms with E-state index in [2.05, 4.69) is 13.8 Å². The molecule has 0 fully saturated rings. The van der Waals surface area contributed by atoms with Crippen LogP contribution in [0.25, 0.3) is 0 Å². The van der Waals surface area contributed by atoms with Crippen LogP contribution in [0.4, 0.5) is 0 Å². The van der Waals surface area contributed by atoms with Gasteiger partial charge in [0.05, 0.1) is 19.5 Å². The summed E-state index contributed by atoms with van der Waals surface area (Å²) in [6, 6.07) is 0. The number of ether oxygens (including phenoxy) is 2. The Labute approximate surface area is 296 Å². The Morgan fingerprint density at radius 1 is 0.625 bits per heavy atom. The number of carbonyl (C=O) groups excluding carboxylic acids is 1. The minimum atomic E-state index is -4.28. The van der Waals surface area contributed by atoms with Gasteiger partial charge >= 0.3 is 13.8 Å². The molecule has 0 amide bonds. The van der Waals surface area contributed by atoms with Crippen molar-refractivity contribution in [3.63, 3.8) is 0 Å². The monoisotopic (exact) mass is 704 g/mol. The number of allylic oxidation sites excluding steroid dienone is 1. The van der Waals surface area contributed by atoms with Crippen LogP contribution < -0.4 is 5.73 Å². The van der Waals surface area contributed by atoms with Gasteiger partial charge in [-0.1, -0.05) is 174 Å². The SMILES string of the molecule is CCCCCCCCCCCCCCCC/C=C/OC[C@H](COP(=O)(O)OCCN)OC(=O)CCCCCCCCCCCCCCC. The number of phosphoric acid groups is 1. The number of hydrogen-bond donors (Lipinski definition) is 2. The quantitative estimate of drug-likeness (QED) is 0.0281. The Morgan fingerprint density at radius 2 is 1.04 bits per heavy atom. The lowest BCUT2D eigenvalue weighted by Crippen LogP contribution is -2.27.